The minimum absolute atomic E-state index is 0.182. The van der Waals surface area contributed by atoms with Crippen molar-refractivity contribution in [2.75, 3.05) is 6.61 Å². The van der Waals surface area contributed by atoms with Crippen LogP contribution in [0.2, 0.25) is 0 Å². The fourth-order valence-electron chi connectivity index (χ4n) is 7.28. The van der Waals surface area contributed by atoms with Crippen molar-refractivity contribution in [3.05, 3.63) is 48.5 Å². The molecule has 0 saturated heterocycles. The number of nitrogens with two attached hydrogens (primary N) is 1. The van der Waals surface area contributed by atoms with Crippen molar-refractivity contribution in [2.24, 2.45) is 17.6 Å². The molecular weight excluding hydrogens is 462 g/mol. The number of imidazole rings is 1. The molecule has 2 aromatic heterocycles. The van der Waals surface area contributed by atoms with Gasteiger partial charge in [-0.1, -0.05) is 62.8 Å². The zero-order valence-electron chi connectivity index (χ0n) is 21.7. The number of nitrogens with zero attached hydrogens (tertiary/aromatic N) is 2. The number of hydrogen-bond acceptors (Lipinski definition) is 4. The van der Waals surface area contributed by atoms with Gasteiger partial charge in [-0.25, -0.2) is 4.98 Å². The number of primary amides is 1. The van der Waals surface area contributed by atoms with E-state index < -0.39 is 5.54 Å². The average Bonchev–Trinajstić information content (AvgIpc) is 3.54. The van der Waals surface area contributed by atoms with Gasteiger partial charge in [-0.3, -0.25) is 4.79 Å². The Morgan fingerprint density at radius 1 is 1.00 bits per heavy atom. The van der Waals surface area contributed by atoms with Gasteiger partial charge in [0, 0.05) is 5.39 Å². The molecule has 6 rings (SSSR count). The van der Waals surface area contributed by atoms with Crippen molar-refractivity contribution in [1.82, 2.24) is 9.55 Å². The molecule has 37 heavy (non-hydrogen) atoms. The third-order valence-corrected chi connectivity index (χ3v) is 8.81. The Hall–Kier alpha value is -3.28. The number of para-hydroxylation sites is 3. The molecule has 0 aliphatic heterocycles. The van der Waals surface area contributed by atoms with Crippen LogP contribution in [0.3, 0.4) is 0 Å². The highest BCUT2D eigenvalue weighted by Crippen LogP contribution is 2.51. The highest BCUT2D eigenvalue weighted by Gasteiger charge is 2.53. The maximum Gasteiger partial charge on any atom is 0.244 e. The summed E-state index contributed by atoms with van der Waals surface area (Å²) >= 11 is 0. The molecule has 2 aliphatic rings. The summed E-state index contributed by atoms with van der Waals surface area (Å²) in [4.78, 5) is 19.1. The van der Waals surface area contributed by atoms with Crippen LogP contribution in [0.15, 0.2) is 52.9 Å². The lowest BCUT2D eigenvalue weighted by Crippen LogP contribution is -2.58. The molecule has 0 unspecified atom stereocenters. The maximum atomic E-state index is 14.0. The third-order valence-electron chi connectivity index (χ3n) is 8.81. The van der Waals surface area contributed by atoms with Crippen molar-refractivity contribution in [2.45, 2.75) is 76.7 Å². The molecule has 2 fully saturated rings. The smallest absolute Gasteiger partial charge is 0.244 e. The molecule has 6 heteroatoms. The Kier molecular flexibility index (Phi) is 6.43. The quantitative estimate of drug-likeness (QED) is 0.292. The van der Waals surface area contributed by atoms with Gasteiger partial charge in [-0.2, -0.15) is 0 Å². The number of ether oxygens (including phenoxy) is 1. The van der Waals surface area contributed by atoms with Crippen molar-refractivity contribution in [3.8, 4) is 17.3 Å². The Morgan fingerprint density at radius 2 is 1.68 bits per heavy atom. The molecule has 2 aliphatic carbocycles. The second kappa shape index (κ2) is 9.88. The first-order valence-corrected chi connectivity index (χ1v) is 14.1. The summed E-state index contributed by atoms with van der Waals surface area (Å²) in [6.45, 7) is 2.53. The van der Waals surface area contributed by atoms with E-state index in [4.69, 9.17) is 19.9 Å². The third kappa shape index (κ3) is 3.92. The minimum atomic E-state index is -0.839. The van der Waals surface area contributed by atoms with Crippen LogP contribution in [-0.2, 0) is 10.3 Å². The zero-order chi connectivity index (χ0) is 25.4. The van der Waals surface area contributed by atoms with E-state index in [1.165, 1.54) is 12.8 Å². The number of benzene rings is 2. The van der Waals surface area contributed by atoms with Gasteiger partial charge in [0.2, 0.25) is 5.91 Å². The van der Waals surface area contributed by atoms with E-state index in [1.807, 2.05) is 49.4 Å². The molecule has 0 radical (unpaired) electrons. The molecule has 6 nitrogen and oxygen atoms in total. The summed E-state index contributed by atoms with van der Waals surface area (Å²) in [6, 6.07) is 16.1. The highest BCUT2D eigenvalue weighted by atomic mass is 16.5. The second-order valence-corrected chi connectivity index (χ2v) is 10.8. The van der Waals surface area contributed by atoms with E-state index in [1.54, 1.807) is 0 Å². The maximum absolute atomic E-state index is 14.0. The minimum Gasteiger partial charge on any atom is -0.490 e. The Morgan fingerprint density at radius 3 is 2.32 bits per heavy atom. The number of amides is 1. The van der Waals surface area contributed by atoms with Gasteiger partial charge < -0.3 is 19.5 Å². The van der Waals surface area contributed by atoms with Gasteiger partial charge >= 0.3 is 0 Å². The number of carbonyl (C=O) groups is 1. The first-order chi connectivity index (χ1) is 18.1. The number of rotatable bonds is 7. The Bertz CT molecular complexity index is 1390. The highest BCUT2D eigenvalue weighted by molar-refractivity contribution is 5.91. The summed E-state index contributed by atoms with van der Waals surface area (Å²) in [5.41, 5.74) is 8.25. The molecule has 194 valence electrons. The largest absolute Gasteiger partial charge is 0.490 e. The standard InChI is InChI=1S/C31H37N3O3/c1-2-36-26-19-11-12-21-20-27(37-28(21)26)29-33-24-17-9-10-18-25(24)34(29)31(30(32)35,22-13-5-3-6-14-22)23-15-7-4-8-16-23/h9-12,17-20,22-23H,2-8,13-16H2,1H3,(H2,32,35). The van der Waals surface area contributed by atoms with Crippen LogP contribution in [-0.4, -0.2) is 22.1 Å². The Balaban J connectivity index is 1.64. The molecule has 1 amide bonds. The molecule has 0 atom stereocenters. The number of aromatic nitrogens is 2. The lowest BCUT2D eigenvalue weighted by atomic mass is 9.63. The summed E-state index contributed by atoms with van der Waals surface area (Å²) in [5, 5.41) is 0.958. The summed E-state index contributed by atoms with van der Waals surface area (Å²) in [7, 11) is 0. The molecule has 2 N–H and O–H groups in total. The van der Waals surface area contributed by atoms with E-state index in [-0.39, 0.29) is 17.7 Å². The number of furan rings is 1. The van der Waals surface area contributed by atoms with Crippen LogP contribution in [0.25, 0.3) is 33.6 Å². The number of carbonyl (C=O) groups excluding carboxylic acids is 1. The van der Waals surface area contributed by atoms with Crippen LogP contribution in [0.5, 0.6) is 5.75 Å². The van der Waals surface area contributed by atoms with Crippen LogP contribution in [0.4, 0.5) is 0 Å². The van der Waals surface area contributed by atoms with Crippen LogP contribution < -0.4 is 10.5 Å². The monoisotopic (exact) mass is 499 g/mol. The SMILES string of the molecule is CCOc1cccc2cc(-c3nc4ccccc4n3C(C(N)=O)(C3CCCCC3)C3CCCCC3)oc12. The Labute approximate surface area is 218 Å². The molecule has 2 saturated carbocycles. The van der Waals surface area contributed by atoms with Crippen molar-refractivity contribution in [3.63, 3.8) is 0 Å². The van der Waals surface area contributed by atoms with Crippen LogP contribution in [0.1, 0.15) is 71.1 Å². The normalized spacial score (nSPS) is 18.0. The van der Waals surface area contributed by atoms with E-state index >= 15 is 0 Å². The van der Waals surface area contributed by atoms with Crippen molar-refractivity contribution < 1.29 is 13.9 Å². The van der Waals surface area contributed by atoms with E-state index in [0.717, 1.165) is 73.5 Å². The summed E-state index contributed by atoms with van der Waals surface area (Å²) < 4.78 is 14.6. The lowest BCUT2D eigenvalue weighted by Gasteiger charge is -2.48. The van der Waals surface area contributed by atoms with Crippen molar-refractivity contribution >= 4 is 27.9 Å². The predicted molar refractivity (Wildman–Crippen MR) is 146 cm³/mol. The molecule has 2 heterocycles. The molecular formula is C31H37N3O3. The van der Waals surface area contributed by atoms with Gasteiger partial charge in [-0.05, 0) is 68.7 Å². The second-order valence-electron chi connectivity index (χ2n) is 10.8. The molecule has 0 spiro atoms. The number of fused-ring (bicyclic) bond motifs is 2. The van der Waals surface area contributed by atoms with Gasteiger partial charge in [0.15, 0.2) is 22.9 Å². The number of hydrogen-bond donors (Lipinski definition) is 1. The first kappa shape index (κ1) is 24.1. The van der Waals surface area contributed by atoms with Gasteiger partial charge in [0.05, 0.1) is 17.6 Å². The molecule has 2 aromatic carbocycles. The molecule has 4 aromatic rings. The van der Waals surface area contributed by atoms with E-state index in [0.29, 0.717) is 23.8 Å². The summed E-state index contributed by atoms with van der Waals surface area (Å²) in [5.74, 6) is 2.20. The van der Waals surface area contributed by atoms with Gasteiger partial charge in [-0.15, -0.1) is 0 Å². The fourth-order valence-corrected chi connectivity index (χ4v) is 7.28. The summed E-state index contributed by atoms with van der Waals surface area (Å²) in [6.07, 6.45) is 11.0. The zero-order valence-corrected chi connectivity index (χ0v) is 21.7. The average molecular weight is 500 g/mol. The van der Waals surface area contributed by atoms with E-state index in [2.05, 4.69) is 10.6 Å². The van der Waals surface area contributed by atoms with E-state index in [9.17, 15) is 4.79 Å². The van der Waals surface area contributed by atoms with Crippen molar-refractivity contribution in [1.29, 1.82) is 0 Å². The fraction of sp³-hybridized carbons (Fsp3) is 0.484. The van der Waals surface area contributed by atoms with Gasteiger partial charge in [0.25, 0.3) is 0 Å². The van der Waals surface area contributed by atoms with Crippen LogP contribution >= 0.6 is 0 Å². The van der Waals surface area contributed by atoms with Crippen LogP contribution in [0, 0.1) is 11.8 Å². The first-order valence-electron chi connectivity index (χ1n) is 14.1. The van der Waals surface area contributed by atoms with Gasteiger partial charge in [0.1, 0.15) is 5.54 Å². The topological polar surface area (TPSA) is 83.3 Å². The predicted octanol–water partition coefficient (Wildman–Crippen LogP) is 7.19. The molecule has 0 bridgehead atoms. The lowest BCUT2D eigenvalue weighted by molar-refractivity contribution is -0.135.